The molecule has 0 spiro atoms. The highest BCUT2D eigenvalue weighted by molar-refractivity contribution is 6.51. The monoisotopic (exact) mass is 511 g/mol. The molecule has 1 saturated heterocycles. The molecule has 35 heavy (non-hydrogen) atoms. The minimum atomic E-state index is -0.892. The fourth-order valence-corrected chi connectivity index (χ4v) is 4.24. The van der Waals surface area contributed by atoms with Gasteiger partial charge < -0.3 is 14.6 Å². The van der Waals surface area contributed by atoms with Crippen molar-refractivity contribution in [1.82, 2.24) is 0 Å². The van der Waals surface area contributed by atoms with E-state index in [2.05, 4.69) is 0 Å². The van der Waals surface area contributed by atoms with E-state index in [1.807, 2.05) is 6.92 Å². The number of nitrogens with zero attached hydrogens (tertiary/aromatic N) is 1. The van der Waals surface area contributed by atoms with Gasteiger partial charge in [0, 0.05) is 17.3 Å². The molecule has 1 amide bonds. The van der Waals surface area contributed by atoms with E-state index in [9.17, 15) is 14.7 Å². The third-order valence-corrected chi connectivity index (χ3v) is 6.38. The van der Waals surface area contributed by atoms with Crippen molar-refractivity contribution in [2.24, 2.45) is 0 Å². The molecule has 8 heteroatoms. The van der Waals surface area contributed by atoms with Gasteiger partial charge in [0.25, 0.3) is 11.7 Å². The van der Waals surface area contributed by atoms with E-state index in [1.165, 1.54) is 24.1 Å². The lowest BCUT2D eigenvalue weighted by molar-refractivity contribution is -0.132. The molecule has 1 heterocycles. The van der Waals surface area contributed by atoms with Crippen LogP contribution in [-0.2, 0) is 9.59 Å². The smallest absolute Gasteiger partial charge is 0.300 e. The van der Waals surface area contributed by atoms with E-state index in [0.717, 1.165) is 6.42 Å². The summed E-state index contributed by atoms with van der Waals surface area (Å²) in [5, 5.41) is 11.7. The molecular formula is C27H23Cl2NO5. The minimum absolute atomic E-state index is 0.0570. The van der Waals surface area contributed by atoms with Crippen molar-refractivity contribution in [1.29, 1.82) is 0 Å². The maximum absolute atomic E-state index is 13.3. The Hall–Kier alpha value is -3.48. The molecule has 0 aromatic heterocycles. The van der Waals surface area contributed by atoms with Gasteiger partial charge >= 0.3 is 0 Å². The van der Waals surface area contributed by atoms with Gasteiger partial charge in [-0.15, -0.1) is 0 Å². The van der Waals surface area contributed by atoms with E-state index in [-0.39, 0.29) is 21.9 Å². The number of aliphatic hydroxyl groups excluding tert-OH is 1. The molecule has 6 nitrogen and oxygen atoms in total. The summed E-state index contributed by atoms with van der Waals surface area (Å²) < 4.78 is 11.0. The average Bonchev–Trinajstić information content (AvgIpc) is 3.14. The summed E-state index contributed by atoms with van der Waals surface area (Å²) in [4.78, 5) is 27.9. The molecule has 1 N–H and O–H groups in total. The zero-order valence-corrected chi connectivity index (χ0v) is 20.6. The molecule has 1 unspecified atom stereocenters. The number of hydrogen-bond donors (Lipinski definition) is 1. The lowest BCUT2D eigenvalue weighted by Crippen LogP contribution is -2.29. The van der Waals surface area contributed by atoms with E-state index in [1.54, 1.807) is 54.6 Å². The van der Waals surface area contributed by atoms with Crippen molar-refractivity contribution < 1.29 is 24.2 Å². The molecule has 3 aromatic rings. The molecule has 1 atom stereocenters. The highest BCUT2D eigenvalue weighted by Gasteiger charge is 2.47. The van der Waals surface area contributed by atoms with Gasteiger partial charge in [-0.1, -0.05) is 48.3 Å². The number of aliphatic hydroxyl groups is 1. The van der Waals surface area contributed by atoms with Crippen molar-refractivity contribution in [2.45, 2.75) is 19.4 Å². The second-order valence-corrected chi connectivity index (χ2v) is 8.73. The molecule has 0 radical (unpaired) electrons. The molecule has 180 valence electrons. The van der Waals surface area contributed by atoms with Crippen LogP contribution in [0.3, 0.4) is 0 Å². The number of rotatable bonds is 7. The first-order valence-corrected chi connectivity index (χ1v) is 11.7. The largest absolute Gasteiger partial charge is 0.507 e. The zero-order chi connectivity index (χ0) is 25.1. The van der Waals surface area contributed by atoms with Crippen LogP contribution in [0.15, 0.2) is 72.3 Å². The molecule has 1 aliphatic rings. The number of halogens is 2. The van der Waals surface area contributed by atoms with Gasteiger partial charge in [0.1, 0.15) is 17.3 Å². The summed E-state index contributed by atoms with van der Waals surface area (Å²) in [5.41, 5.74) is 1.29. The number of benzene rings is 3. The number of hydrogen-bond acceptors (Lipinski definition) is 5. The predicted molar refractivity (Wildman–Crippen MR) is 136 cm³/mol. The Morgan fingerprint density at radius 1 is 0.971 bits per heavy atom. The number of anilines is 1. The minimum Gasteiger partial charge on any atom is -0.507 e. The topological polar surface area (TPSA) is 76.1 Å². The lowest BCUT2D eigenvalue weighted by Gasteiger charge is -2.26. The van der Waals surface area contributed by atoms with Crippen molar-refractivity contribution in [3.05, 3.63) is 93.5 Å². The van der Waals surface area contributed by atoms with Gasteiger partial charge in [-0.25, -0.2) is 0 Å². The Bertz CT molecular complexity index is 1300. The molecule has 0 saturated carbocycles. The van der Waals surface area contributed by atoms with Gasteiger partial charge in [0.15, 0.2) is 0 Å². The van der Waals surface area contributed by atoms with Gasteiger partial charge in [-0.2, -0.15) is 0 Å². The zero-order valence-electron chi connectivity index (χ0n) is 19.1. The van der Waals surface area contributed by atoms with Crippen molar-refractivity contribution in [2.75, 3.05) is 18.6 Å². The van der Waals surface area contributed by atoms with Crippen LogP contribution >= 0.6 is 23.2 Å². The van der Waals surface area contributed by atoms with E-state index >= 15 is 0 Å². The highest BCUT2D eigenvalue weighted by atomic mass is 35.5. The van der Waals surface area contributed by atoms with Gasteiger partial charge in [-0.05, 0) is 54.4 Å². The first-order valence-electron chi connectivity index (χ1n) is 11.0. The summed E-state index contributed by atoms with van der Waals surface area (Å²) >= 11 is 12.2. The van der Waals surface area contributed by atoms with Crippen LogP contribution in [0.2, 0.25) is 10.0 Å². The Kier molecular flexibility index (Phi) is 7.34. The summed E-state index contributed by atoms with van der Waals surface area (Å²) in [5.74, 6) is -0.734. The maximum Gasteiger partial charge on any atom is 0.300 e. The second-order valence-electron chi connectivity index (χ2n) is 7.92. The summed E-state index contributed by atoms with van der Waals surface area (Å²) in [6.07, 6.45) is 0.863. The van der Waals surface area contributed by atoms with Crippen LogP contribution in [-0.4, -0.2) is 30.5 Å². The Morgan fingerprint density at radius 2 is 1.71 bits per heavy atom. The van der Waals surface area contributed by atoms with Gasteiger partial charge in [-0.3, -0.25) is 14.5 Å². The normalized spacial score (nSPS) is 17.0. The SMILES string of the molecule is CCCOc1ccc(C2/C(=C(\O)c3ccc(Cl)c(Cl)c3)C(=O)C(=O)N2c2cccc(OC)c2)cc1. The standard InChI is InChI=1S/C27H23Cl2NO5/c1-3-13-35-19-10-7-16(8-11-19)24-23(25(31)17-9-12-21(28)22(29)14-17)26(32)27(33)30(24)18-5-4-6-20(15-18)34-2/h4-12,14-15,24,31H,3,13H2,1-2H3/b25-23+. The van der Waals surface area contributed by atoms with Crippen molar-refractivity contribution in [3.63, 3.8) is 0 Å². The van der Waals surface area contributed by atoms with Crippen LogP contribution in [0.25, 0.3) is 5.76 Å². The third-order valence-electron chi connectivity index (χ3n) is 5.64. The molecule has 1 aliphatic heterocycles. The van der Waals surface area contributed by atoms with Crippen LogP contribution in [0.1, 0.15) is 30.5 Å². The number of ketones is 1. The Labute approximate surface area is 213 Å². The van der Waals surface area contributed by atoms with Gasteiger partial charge in [0.05, 0.1) is 35.4 Å². The number of Topliss-reactive ketones (excluding diaryl/α,β-unsaturated/α-hetero) is 1. The van der Waals surface area contributed by atoms with E-state index < -0.39 is 17.7 Å². The second kappa shape index (κ2) is 10.4. The lowest BCUT2D eigenvalue weighted by atomic mass is 9.95. The molecule has 4 rings (SSSR count). The van der Waals surface area contributed by atoms with E-state index in [4.69, 9.17) is 32.7 Å². The van der Waals surface area contributed by atoms with E-state index in [0.29, 0.717) is 34.4 Å². The van der Waals surface area contributed by atoms with Crippen LogP contribution in [0.5, 0.6) is 11.5 Å². The molecule has 0 bridgehead atoms. The first-order chi connectivity index (χ1) is 16.8. The first kappa shape index (κ1) is 24.6. The van der Waals surface area contributed by atoms with Crippen molar-refractivity contribution >= 4 is 46.3 Å². The Morgan fingerprint density at radius 3 is 2.37 bits per heavy atom. The number of carbonyl (C=O) groups excluding carboxylic acids is 2. The molecule has 1 fully saturated rings. The maximum atomic E-state index is 13.3. The fourth-order valence-electron chi connectivity index (χ4n) is 3.94. The molecular weight excluding hydrogens is 489 g/mol. The number of ether oxygens (including phenoxy) is 2. The predicted octanol–water partition coefficient (Wildman–Crippen LogP) is 6.42. The van der Waals surface area contributed by atoms with Crippen LogP contribution < -0.4 is 14.4 Å². The summed E-state index contributed by atoms with van der Waals surface area (Å²) in [6, 6.07) is 17.6. The Balaban J connectivity index is 1.89. The number of methoxy groups -OCH3 is 1. The average molecular weight is 512 g/mol. The number of amides is 1. The van der Waals surface area contributed by atoms with Crippen molar-refractivity contribution in [3.8, 4) is 11.5 Å². The van der Waals surface area contributed by atoms with Crippen LogP contribution in [0, 0.1) is 0 Å². The quantitative estimate of drug-likeness (QED) is 0.225. The van der Waals surface area contributed by atoms with Gasteiger partial charge in [0.2, 0.25) is 0 Å². The summed E-state index contributed by atoms with van der Waals surface area (Å²) in [7, 11) is 1.52. The molecule has 0 aliphatic carbocycles. The highest BCUT2D eigenvalue weighted by Crippen LogP contribution is 2.43. The molecule has 3 aromatic carbocycles. The number of carbonyl (C=O) groups is 2. The third kappa shape index (κ3) is 4.85. The fraction of sp³-hybridized carbons (Fsp3) is 0.185. The van der Waals surface area contributed by atoms with Crippen LogP contribution in [0.4, 0.5) is 5.69 Å². The summed E-state index contributed by atoms with van der Waals surface area (Å²) in [6.45, 7) is 2.58.